The summed E-state index contributed by atoms with van der Waals surface area (Å²) in [5.41, 5.74) is 0. The number of ether oxygens (including phenoxy) is 2. The minimum Gasteiger partial charge on any atom is -0.462 e. The lowest BCUT2D eigenvalue weighted by Gasteiger charge is -2.19. The zero-order chi connectivity index (χ0) is 39.6. The molecule has 0 saturated carbocycles. The van der Waals surface area contributed by atoms with E-state index in [9.17, 15) is 19.0 Å². The van der Waals surface area contributed by atoms with E-state index in [4.69, 9.17) is 18.5 Å². The molecule has 0 radical (unpaired) electrons. The highest BCUT2D eigenvalue weighted by Crippen LogP contribution is 2.43. The molecule has 318 valence electrons. The molecule has 0 aromatic rings. The van der Waals surface area contributed by atoms with Gasteiger partial charge in [-0.15, -0.1) is 0 Å². The van der Waals surface area contributed by atoms with E-state index in [0.717, 1.165) is 57.8 Å². The Morgan fingerprint density at radius 3 is 1.28 bits per heavy atom. The first kappa shape index (κ1) is 52.5. The molecule has 2 unspecified atom stereocenters. The number of carbonyl (C=O) groups excluding carboxylic acids is 2. The number of hydrogen-bond donors (Lipinski definition) is 1. The van der Waals surface area contributed by atoms with Gasteiger partial charge < -0.3 is 14.4 Å². The summed E-state index contributed by atoms with van der Waals surface area (Å²) in [4.78, 5) is 34.7. The summed E-state index contributed by atoms with van der Waals surface area (Å²) in [6, 6.07) is 0. The van der Waals surface area contributed by atoms with E-state index in [2.05, 4.69) is 38.2 Å². The first-order valence-electron chi connectivity index (χ1n) is 22.6. The molecule has 0 aliphatic heterocycles. The van der Waals surface area contributed by atoms with Gasteiger partial charge in [-0.2, -0.15) is 0 Å². The summed E-state index contributed by atoms with van der Waals surface area (Å²) < 4.78 is 32.6. The molecule has 0 fully saturated rings. The number of unbranched alkanes of at least 4 members (excludes halogenated alkanes) is 26. The largest absolute Gasteiger partial charge is 0.472 e. The van der Waals surface area contributed by atoms with Gasteiger partial charge in [0.25, 0.3) is 0 Å². The normalized spacial score (nSPS) is 13.5. The first-order chi connectivity index (χ1) is 26.3. The quantitative estimate of drug-likeness (QED) is 0.0282. The zero-order valence-electron chi connectivity index (χ0n) is 35.4. The fraction of sp³-hybridized carbons (Fsp3) is 0.867. The Morgan fingerprint density at radius 2 is 0.852 bits per heavy atom. The van der Waals surface area contributed by atoms with Crippen LogP contribution in [0.4, 0.5) is 0 Å². The Labute approximate surface area is 333 Å². The Kier molecular flexibility index (Phi) is 40.1. The van der Waals surface area contributed by atoms with E-state index in [0.29, 0.717) is 6.42 Å². The van der Waals surface area contributed by atoms with Gasteiger partial charge >= 0.3 is 19.8 Å². The Morgan fingerprint density at radius 1 is 0.481 bits per heavy atom. The topological polar surface area (TPSA) is 108 Å². The molecule has 0 aliphatic carbocycles. The van der Waals surface area contributed by atoms with Crippen LogP contribution in [-0.4, -0.2) is 42.8 Å². The average Bonchev–Trinajstić information content (AvgIpc) is 3.15. The highest BCUT2D eigenvalue weighted by Gasteiger charge is 2.25. The van der Waals surface area contributed by atoms with Crippen LogP contribution in [0.3, 0.4) is 0 Å². The van der Waals surface area contributed by atoms with Crippen molar-refractivity contribution in [3.05, 3.63) is 24.3 Å². The van der Waals surface area contributed by atoms with E-state index in [1.54, 1.807) is 6.92 Å². The van der Waals surface area contributed by atoms with Crippen molar-refractivity contribution in [2.75, 3.05) is 19.8 Å². The molecule has 9 heteroatoms. The van der Waals surface area contributed by atoms with Gasteiger partial charge in [-0.3, -0.25) is 18.6 Å². The molecule has 54 heavy (non-hydrogen) atoms. The minimum atomic E-state index is -4.28. The fourth-order valence-corrected chi connectivity index (χ4v) is 7.13. The van der Waals surface area contributed by atoms with Crippen LogP contribution in [0.5, 0.6) is 0 Å². The number of hydrogen-bond acceptors (Lipinski definition) is 7. The van der Waals surface area contributed by atoms with Gasteiger partial charge in [0, 0.05) is 12.8 Å². The van der Waals surface area contributed by atoms with Gasteiger partial charge in [0.1, 0.15) is 6.61 Å². The number of esters is 2. The molecule has 0 heterocycles. The van der Waals surface area contributed by atoms with Gasteiger partial charge in [-0.1, -0.05) is 173 Å². The summed E-state index contributed by atoms with van der Waals surface area (Å²) in [6.07, 6.45) is 45.3. The van der Waals surface area contributed by atoms with E-state index in [1.165, 1.54) is 128 Å². The van der Waals surface area contributed by atoms with Crippen LogP contribution in [0.25, 0.3) is 0 Å². The average molecular weight is 785 g/mol. The van der Waals surface area contributed by atoms with Gasteiger partial charge in [0.2, 0.25) is 0 Å². The molecular weight excluding hydrogens is 699 g/mol. The number of phosphoric acid groups is 1. The second kappa shape index (κ2) is 41.2. The van der Waals surface area contributed by atoms with Crippen LogP contribution in [0, 0.1) is 0 Å². The number of phosphoric ester groups is 1. The van der Waals surface area contributed by atoms with Crippen molar-refractivity contribution in [3.8, 4) is 0 Å². The van der Waals surface area contributed by atoms with E-state index < -0.39 is 26.5 Å². The van der Waals surface area contributed by atoms with Crippen molar-refractivity contribution < 1.29 is 37.6 Å². The maximum Gasteiger partial charge on any atom is 0.472 e. The lowest BCUT2D eigenvalue weighted by atomic mass is 10.0. The first-order valence-corrected chi connectivity index (χ1v) is 24.1. The van der Waals surface area contributed by atoms with Crippen molar-refractivity contribution >= 4 is 19.8 Å². The Balaban J connectivity index is 3.96. The summed E-state index contributed by atoms with van der Waals surface area (Å²) >= 11 is 0. The maximum atomic E-state index is 12.6. The Bertz CT molecular complexity index is 937. The van der Waals surface area contributed by atoms with Crippen LogP contribution in [-0.2, 0) is 32.7 Å². The van der Waals surface area contributed by atoms with E-state index in [-0.39, 0.29) is 32.0 Å². The van der Waals surface area contributed by atoms with Crippen molar-refractivity contribution in [2.24, 2.45) is 0 Å². The van der Waals surface area contributed by atoms with Gasteiger partial charge in [0.05, 0.1) is 13.2 Å². The summed E-state index contributed by atoms with van der Waals surface area (Å²) in [6.45, 7) is 5.44. The fourth-order valence-electron chi connectivity index (χ4n) is 6.37. The lowest BCUT2D eigenvalue weighted by Crippen LogP contribution is -2.29. The third-order valence-corrected chi connectivity index (χ3v) is 10.8. The van der Waals surface area contributed by atoms with Crippen molar-refractivity contribution in [2.45, 2.75) is 232 Å². The molecule has 2 atom stereocenters. The minimum absolute atomic E-state index is 0.000417. The Hall–Kier alpha value is -1.47. The van der Waals surface area contributed by atoms with Crippen molar-refractivity contribution in [3.63, 3.8) is 0 Å². The van der Waals surface area contributed by atoms with Crippen LogP contribution in [0.15, 0.2) is 24.3 Å². The predicted molar refractivity (Wildman–Crippen MR) is 226 cm³/mol. The molecule has 1 N–H and O–H groups in total. The van der Waals surface area contributed by atoms with Crippen LogP contribution in [0.1, 0.15) is 226 Å². The van der Waals surface area contributed by atoms with Gasteiger partial charge in [-0.05, 0) is 64.7 Å². The lowest BCUT2D eigenvalue weighted by molar-refractivity contribution is -0.161. The molecular formula is C45H85O8P. The highest BCUT2D eigenvalue weighted by molar-refractivity contribution is 7.47. The van der Waals surface area contributed by atoms with Crippen LogP contribution >= 0.6 is 7.82 Å². The molecule has 0 aliphatic rings. The molecule has 0 aromatic carbocycles. The number of rotatable bonds is 42. The molecule has 8 nitrogen and oxygen atoms in total. The summed E-state index contributed by atoms with van der Waals surface area (Å²) in [7, 11) is -4.28. The molecule has 0 spiro atoms. The smallest absolute Gasteiger partial charge is 0.462 e. The molecule has 0 aromatic heterocycles. The van der Waals surface area contributed by atoms with Crippen LogP contribution < -0.4 is 0 Å². The summed E-state index contributed by atoms with van der Waals surface area (Å²) in [5.74, 6) is -0.804. The zero-order valence-corrected chi connectivity index (χ0v) is 36.3. The van der Waals surface area contributed by atoms with E-state index >= 15 is 0 Å². The molecule has 0 saturated heterocycles. The van der Waals surface area contributed by atoms with Crippen LogP contribution in [0.2, 0.25) is 0 Å². The molecule has 0 bridgehead atoms. The second-order valence-electron chi connectivity index (χ2n) is 15.1. The maximum absolute atomic E-state index is 12.6. The number of allylic oxidation sites excluding steroid dienone is 4. The van der Waals surface area contributed by atoms with Crippen molar-refractivity contribution in [1.82, 2.24) is 0 Å². The highest BCUT2D eigenvalue weighted by atomic mass is 31.2. The van der Waals surface area contributed by atoms with Gasteiger partial charge in [-0.25, -0.2) is 4.57 Å². The standard InChI is InChI=1S/C45H85O8P/c1-4-7-9-11-13-15-17-18-19-20-21-22-23-24-25-26-27-28-30-32-34-36-38-40-45(47)53-43(42-52-54(48,49)51-6-3)41-50-44(46)39-37-35-33-31-29-16-14-12-10-8-5-2/h12,14,20-21,43H,4-11,13,15-19,22-42H2,1-3H3,(H,48,49)/b14-12-,21-20-. The third-order valence-electron chi connectivity index (χ3n) is 9.73. The second-order valence-corrected chi connectivity index (χ2v) is 16.5. The van der Waals surface area contributed by atoms with Gasteiger partial charge in [0.15, 0.2) is 6.10 Å². The molecule has 0 amide bonds. The van der Waals surface area contributed by atoms with E-state index in [1.807, 2.05) is 0 Å². The SMILES string of the molecule is CCCC/C=C\CCCCCCCC(=O)OCC(COP(=O)(O)OCC)OC(=O)CCCCCCCCCCCCC/C=C\CCCCCCCCCC. The monoisotopic (exact) mass is 785 g/mol. The summed E-state index contributed by atoms with van der Waals surface area (Å²) in [5, 5.41) is 0. The van der Waals surface area contributed by atoms with Crippen molar-refractivity contribution in [1.29, 1.82) is 0 Å². The molecule has 0 rings (SSSR count). The third kappa shape index (κ3) is 40.2. The predicted octanol–water partition coefficient (Wildman–Crippen LogP) is 14.2. The number of carbonyl (C=O) groups is 2.